The van der Waals surface area contributed by atoms with Gasteiger partial charge >= 0.3 is 0 Å². The van der Waals surface area contributed by atoms with Crippen LogP contribution in [0.1, 0.15) is 25.0 Å². The van der Waals surface area contributed by atoms with Crippen molar-refractivity contribution in [3.8, 4) is 0 Å². The van der Waals surface area contributed by atoms with E-state index in [1.54, 1.807) is 0 Å². The van der Waals surface area contributed by atoms with Crippen LogP contribution in [0, 0.1) is 6.92 Å². The molecule has 14 heavy (non-hydrogen) atoms. The highest BCUT2D eigenvalue weighted by Gasteiger charge is 2.03. The molecule has 2 heteroatoms. The predicted octanol–water partition coefficient (Wildman–Crippen LogP) is 2.30. The van der Waals surface area contributed by atoms with Gasteiger partial charge in [0, 0.05) is 25.3 Å². The van der Waals surface area contributed by atoms with Crippen molar-refractivity contribution in [3.63, 3.8) is 0 Å². The van der Waals surface area contributed by atoms with Gasteiger partial charge in [0.1, 0.15) is 0 Å². The Labute approximate surface area is 86.7 Å². The molecule has 1 aromatic carbocycles. The van der Waals surface area contributed by atoms with Crippen LogP contribution in [0.5, 0.6) is 0 Å². The van der Waals surface area contributed by atoms with Crippen molar-refractivity contribution in [2.24, 2.45) is 5.73 Å². The first kappa shape index (κ1) is 11.1. The van der Waals surface area contributed by atoms with Gasteiger partial charge in [-0.1, -0.05) is 6.07 Å². The standard InChI is InChI=1S/C12H20N2/c1-4-14(5-2)12-7-6-10(3)11(8-12)9-13/h6-8H,4-5,9,13H2,1-3H3. The Hall–Kier alpha value is -1.02. The average Bonchev–Trinajstić information content (AvgIpc) is 2.22. The Morgan fingerprint density at radius 3 is 2.36 bits per heavy atom. The molecule has 0 spiro atoms. The molecule has 0 amide bonds. The first-order valence-electron chi connectivity index (χ1n) is 5.27. The van der Waals surface area contributed by atoms with Crippen molar-refractivity contribution in [2.75, 3.05) is 18.0 Å². The van der Waals surface area contributed by atoms with Crippen LogP contribution >= 0.6 is 0 Å². The van der Waals surface area contributed by atoms with Gasteiger partial charge in [-0.25, -0.2) is 0 Å². The minimum Gasteiger partial charge on any atom is -0.372 e. The first-order valence-corrected chi connectivity index (χ1v) is 5.27. The summed E-state index contributed by atoms with van der Waals surface area (Å²) in [6.07, 6.45) is 0. The third-order valence-corrected chi connectivity index (χ3v) is 2.68. The largest absolute Gasteiger partial charge is 0.372 e. The van der Waals surface area contributed by atoms with Crippen molar-refractivity contribution in [2.45, 2.75) is 27.3 Å². The molecule has 0 heterocycles. The van der Waals surface area contributed by atoms with E-state index in [4.69, 9.17) is 5.73 Å². The van der Waals surface area contributed by atoms with Crippen molar-refractivity contribution in [1.29, 1.82) is 0 Å². The molecule has 0 unspecified atom stereocenters. The summed E-state index contributed by atoms with van der Waals surface area (Å²) in [5.41, 5.74) is 9.49. The average molecular weight is 192 g/mol. The van der Waals surface area contributed by atoms with Gasteiger partial charge in [0.15, 0.2) is 0 Å². The first-order chi connectivity index (χ1) is 6.72. The molecule has 0 aliphatic rings. The van der Waals surface area contributed by atoms with Crippen LogP contribution in [0.3, 0.4) is 0 Å². The highest BCUT2D eigenvalue weighted by molar-refractivity contribution is 5.50. The van der Waals surface area contributed by atoms with Crippen molar-refractivity contribution in [3.05, 3.63) is 29.3 Å². The second-order valence-electron chi connectivity index (χ2n) is 3.49. The van der Waals surface area contributed by atoms with Crippen molar-refractivity contribution < 1.29 is 0 Å². The van der Waals surface area contributed by atoms with Gasteiger partial charge in [0.05, 0.1) is 0 Å². The number of hydrogen-bond donors (Lipinski definition) is 1. The highest BCUT2D eigenvalue weighted by Crippen LogP contribution is 2.18. The summed E-state index contributed by atoms with van der Waals surface area (Å²) in [6, 6.07) is 6.51. The molecule has 0 aliphatic heterocycles. The fourth-order valence-corrected chi connectivity index (χ4v) is 1.66. The fourth-order valence-electron chi connectivity index (χ4n) is 1.66. The van der Waals surface area contributed by atoms with Crippen LogP contribution in [-0.4, -0.2) is 13.1 Å². The Bertz CT molecular complexity index is 290. The summed E-state index contributed by atoms with van der Waals surface area (Å²) in [6.45, 7) is 9.17. The van der Waals surface area contributed by atoms with E-state index in [-0.39, 0.29) is 0 Å². The van der Waals surface area contributed by atoms with E-state index in [1.807, 2.05) is 0 Å². The molecule has 78 valence electrons. The van der Waals surface area contributed by atoms with Gasteiger partial charge in [0.2, 0.25) is 0 Å². The number of anilines is 1. The van der Waals surface area contributed by atoms with Crippen LogP contribution < -0.4 is 10.6 Å². The summed E-state index contributed by atoms with van der Waals surface area (Å²) in [5, 5.41) is 0. The van der Waals surface area contributed by atoms with E-state index < -0.39 is 0 Å². The second-order valence-corrected chi connectivity index (χ2v) is 3.49. The smallest absolute Gasteiger partial charge is 0.0369 e. The van der Waals surface area contributed by atoms with Gasteiger partial charge in [-0.15, -0.1) is 0 Å². The van der Waals surface area contributed by atoms with Gasteiger partial charge in [-0.2, -0.15) is 0 Å². The molecule has 2 N–H and O–H groups in total. The molecule has 0 aliphatic carbocycles. The van der Waals surface area contributed by atoms with Crippen LogP contribution in [0.2, 0.25) is 0 Å². The Kier molecular flexibility index (Phi) is 3.96. The van der Waals surface area contributed by atoms with Gasteiger partial charge in [-0.05, 0) is 44.0 Å². The van der Waals surface area contributed by atoms with E-state index in [9.17, 15) is 0 Å². The van der Waals surface area contributed by atoms with Crippen LogP contribution in [-0.2, 0) is 6.54 Å². The third-order valence-electron chi connectivity index (χ3n) is 2.68. The van der Waals surface area contributed by atoms with Gasteiger partial charge in [-0.3, -0.25) is 0 Å². The van der Waals surface area contributed by atoms with E-state index in [0.717, 1.165) is 13.1 Å². The molecule has 1 aromatic rings. The topological polar surface area (TPSA) is 29.3 Å². The van der Waals surface area contributed by atoms with Crippen LogP contribution in [0.15, 0.2) is 18.2 Å². The number of benzene rings is 1. The number of aryl methyl sites for hydroxylation is 1. The molecule has 0 atom stereocenters. The van der Waals surface area contributed by atoms with E-state index in [2.05, 4.69) is 43.9 Å². The molecule has 0 radical (unpaired) electrons. The summed E-state index contributed by atoms with van der Waals surface area (Å²) in [4.78, 5) is 2.33. The van der Waals surface area contributed by atoms with E-state index >= 15 is 0 Å². The fraction of sp³-hybridized carbons (Fsp3) is 0.500. The van der Waals surface area contributed by atoms with E-state index in [0.29, 0.717) is 6.54 Å². The molecule has 0 aromatic heterocycles. The second kappa shape index (κ2) is 5.01. The monoisotopic (exact) mass is 192 g/mol. The SMILES string of the molecule is CCN(CC)c1ccc(C)c(CN)c1. The van der Waals surface area contributed by atoms with E-state index in [1.165, 1.54) is 16.8 Å². The molecular weight excluding hydrogens is 172 g/mol. The highest BCUT2D eigenvalue weighted by atomic mass is 15.1. The molecule has 2 nitrogen and oxygen atoms in total. The maximum absolute atomic E-state index is 5.68. The van der Waals surface area contributed by atoms with Gasteiger partial charge < -0.3 is 10.6 Å². The molecule has 0 bridgehead atoms. The van der Waals surface area contributed by atoms with Crippen molar-refractivity contribution in [1.82, 2.24) is 0 Å². The quantitative estimate of drug-likeness (QED) is 0.793. The Balaban J connectivity index is 2.98. The zero-order valence-electron chi connectivity index (χ0n) is 9.38. The Morgan fingerprint density at radius 1 is 1.21 bits per heavy atom. The number of nitrogens with zero attached hydrogens (tertiary/aromatic N) is 1. The predicted molar refractivity (Wildman–Crippen MR) is 62.6 cm³/mol. The molecule has 0 saturated carbocycles. The maximum Gasteiger partial charge on any atom is 0.0369 e. The number of rotatable bonds is 4. The lowest BCUT2D eigenvalue weighted by molar-refractivity contribution is 0.863. The maximum atomic E-state index is 5.68. The van der Waals surface area contributed by atoms with Crippen molar-refractivity contribution >= 4 is 5.69 Å². The molecule has 0 fully saturated rings. The lowest BCUT2D eigenvalue weighted by Gasteiger charge is -2.22. The zero-order chi connectivity index (χ0) is 10.6. The molecule has 1 rings (SSSR count). The minimum atomic E-state index is 0.626. The Morgan fingerprint density at radius 2 is 1.86 bits per heavy atom. The third kappa shape index (κ3) is 2.26. The lowest BCUT2D eigenvalue weighted by atomic mass is 10.1. The number of nitrogens with two attached hydrogens (primary N) is 1. The molecular formula is C12H20N2. The summed E-state index contributed by atoms with van der Waals surface area (Å²) in [7, 11) is 0. The normalized spacial score (nSPS) is 10.3. The number of hydrogen-bond acceptors (Lipinski definition) is 2. The minimum absolute atomic E-state index is 0.626. The lowest BCUT2D eigenvalue weighted by Crippen LogP contribution is -2.22. The zero-order valence-corrected chi connectivity index (χ0v) is 9.38. The van der Waals surface area contributed by atoms with Crippen LogP contribution in [0.25, 0.3) is 0 Å². The molecule has 0 saturated heterocycles. The summed E-state index contributed by atoms with van der Waals surface area (Å²) in [5.74, 6) is 0. The summed E-state index contributed by atoms with van der Waals surface area (Å²) >= 11 is 0. The summed E-state index contributed by atoms with van der Waals surface area (Å²) < 4.78 is 0. The van der Waals surface area contributed by atoms with Gasteiger partial charge in [0.25, 0.3) is 0 Å². The van der Waals surface area contributed by atoms with Crippen LogP contribution in [0.4, 0.5) is 5.69 Å².